The van der Waals surface area contributed by atoms with Crippen molar-refractivity contribution in [2.45, 2.75) is 46.1 Å². The molecule has 1 unspecified atom stereocenters. The maximum Gasteiger partial charge on any atom is 0.228 e. The molecule has 1 aliphatic heterocycles. The number of carbonyl (C=O) groups excluding carboxylic acids is 1. The normalized spacial score (nSPS) is 20.0. The van der Waals surface area contributed by atoms with Gasteiger partial charge in [-0.3, -0.25) is 4.79 Å². The van der Waals surface area contributed by atoms with Gasteiger partial charge in [0.15, 0.2) is 0 Å². The first-order valence-electron chi connectivity index (χ1n) is 6.23. The molecule has 1 saturated heterocycles. The maximum absolute atomic E-state index is 12.2. The Kier molecular flexibility index (Phi) is 4.95. The molecular weight excluding hydrogens is 216 g/mol. The van der Waals surface area contributed by atoms with Crippen molar-refractivity contribution in [1.29, 1.82) is 5.26 Å². The summed E-state index contributed by atoms with van der Waals surface area (Å²) in [5.74, 6) is 0.100. The van der Waals surface area contributed by atoms with Crippen molar-refractivity contribution >= 4 is 5.91 Å². The Morgan fingerprint density at radius 2 is 2.24 bits per heavy atom. The summed E-state index contributed by atoms with van der Waals surface area (Å²) in [6.07, 6.45) is 2.62. The predicted octanol–water partition coefficient (Wildman–Crippen LogP) is 1.95. The summed E-state index contributed by atoms with van der Waals surface area (Å²) in [4.78, 5) is 14.0. The molecule has 1 aliphatic rings. The van der Waals surface area contributed by atoms with Gasteiger partial charge in [-0.15, -0.1) is 0 Å². The SMILES string of the molecule is CC(C)(C)C(=O)N(CCC#N)CC1CCCO1. The topological polar surface area (TPSA) is 53.3 Å². The standard InChI is InChI=1S/C13H22N2O2/c1-13(2,3)12(16)15(8-5-7-14)10-11-6-4-9-17-11/h11H,4-6,8-10H2,1-3H3. The molecule has 1 fully saturated rings. The molecule has 4 heteroatoms. The van der Waals surface area contributed by atoms with Crippen LogP contribution in [0.2, 0.25) is 0 Å². The fourth-order valence-corrected chi connectivity index (χ4v) is 1.97. The average Bonchev–Trinajstić information content (AvgIpc) is 2.74. The second-order valence-corrected chi connectivity index (χ2v) is 5.54. The Morgan fingerprint density at radius 3 is 2.71 bits per heavy atom. The minimum absolute atomic E-state index is 0.100. The number of carbonyl (C=O) groups is 1. The number of rotatable bonds is 4. The van der Waals surface area contributed by atoms with E-state index in [2.05, 4.69) is 6.07 Å². The van der Waals surface area contributed by atoms with E-state index in [1.807, 2.05) is 20.8 Å². The molecule has 96 valence electrons. The van der Waals surface area contributed by atoms with Gasteiger partial charge in [-0.05, 0) is 12.8 Å². The highest BCUT2D eigenvalue weighted by Gasteiger charge is 2.29. The van der Waals surface area contributed by atoms with Crippen LogP contribution in [-0.2, 0) is 9.53 Å². The number of nitriles is 1. The quantitative estimate of drug-likeness (QED) is 0.752. The summed E-state index contributed by atoms with van der Waals surface area (Å²) in [7, 11) is 0. The number of hydrogen-bond acceptors (Lipinski definition) is 3. The Morgan fingerprint density at radius 1 is 1.53 bits per heavy atom. The van der Waals surface area contributed by atoms with Crippen molar-refractivity contribution in [3.8, 4) is 6.07 Å². The lowest BCUT2D eigenvalue weighted by Gasteiger charge is -2.30. The molecule has 1 heterocycles. The van der Waals surface area contributed by atoms with E-state index in [9.17, 15) is 4.79 Å². The van der Waals surface area contributed by atoms with Crippen LogP contribution in [0.25, 0.3) is 0 Å². The first-order chi connectivity index (χ1) is 7.95. The molecule has 0 spiro atoms. The molecule has 1 rings (SSSR count). The van der Waals surface area contributed by atoms with Crippen LogP contribution in [0.3, 0.4) is 0 Å². The molecular formula is C13H22N2O2. The number of hydrogen-bond donors (Lipinski definition) is 0. The predicted molar refractivity (Wildman–Crippen MR) is 65.2 cm³/mol. The first kappa shape index (κ1) is 14.0. The number of ether oxygens (including phenoxy) is 1. The highest BCUT2D eigenvalue weighted by atomic mass is 16.5. The molecule has 0 aliphatic carbocycles. The Balaban J connectivity index is 2.59. The van der Waals surface area contributed by atoms with Crippen LogP contribution in [0.4, 0.5) is 0 Å². The smallest absolute Gasteiger partial charge is 0.228 e. The largest absolute Gasteiger partial charge is 0.376 e. The summed E-state index contributed by atoms with van der Waals surface area (Å²) in [5.41, 5.74) is -0.395. The van der Waals surface area contributed by atoms with Crippen LogP contribution in [0.1, 0.15) is 40.0 Å². The van der Waals surface area contributed by atoms with E-state index in [-0.39, 0.29) is 12.0 Å². The van der Waals surface area contributed by atoms with Crippen molar-refractivity contribution in [2.24, 2.45) is 5.41 Å². The second kappa shape index (κ2) is 6.02. The molecule has 0 aromatic carbocycles. The zero-order chi connectivity index (χ0) is 12.9. The monoisotopic (exact) mass is 238 g/mol. The van der Waals surface area contributed by atoms with Crippen molar-refractivity contribution in [3.05, 3.63) is 0 Å². The average molecular weight is 238 g/mol. The van der Waals surface area contributed by atoms with Gasteiger partial charge in [0, 0.05) is 25.1 Å². The van der Waals surface area contributed by atoms with Crippen LogP contribution in [0.15, 0.2) is 0 Å². The van der Waals surface area contributed by atoms with Crippen LogP contribution in [-0.4, -0.2) is 36.6 Å². The lowest BCUT2D eigenvalue weighted by Crippen LogP contribution is -2.43. The molecule has 0 aromatic rings. The van der Waals surface area contributed by atoms with E-state index in [4.69, 9.17) is 10.00 Å². The molecule has 0 bridgehead atoms. The van der Waals surface area contributed by atoms with Gasteiger partial charge in [0.2, 0.25) is 5.91 Å². The molecule has 17 heavy (non-hydrogen) atoms. The summed E-state index contributed by atoms with van der Waals surface area (Å²) in [6.45, 7) is 7.64. The Labute approximate surface area is 104 Å². The third-order valence-electron chi connectivity index (χ3n) is 2.87. The minimum atomic E-state index is -0.395. The van der Waals surface area contributed by atoms with E-state index in [1.54, 1.807) is 4.90 Å². The first-order valence-corrected chi connectivity index (χ1v) is 6.23. The van der Waals surface area contributed by atoms with Gasteiger partial charge < -0.3 is 9.64 Å². The zero-order valence-corrected chi connectivity index (χ0v) is 11.0. The van der Waals surface area contributed by atoms with E-state index in [0.717, 1.165) is 19.4 Å². The molecule has 0 aromatic heterocycles. The highest BCUT2D eigenvalue weighted by Crippen LogP contribution is 2.20. The fraction of sp³-hybridized carbons (Fsp3) is 0.846. The minimum Gasteiger partial charge on any atom is -0.376 e. The van der Waals surface area contributed by atoms with Gasteiger partial charge in [0.1, 0.15) is 0 Å². The van der Waals surface area contributed by atoms with Crippen molar-refractivity contribution < 1.29 is 9.53 Å². The summed E-state index contributed by atoms with van der Waals surface area (Å²) >= 11 is 0. The zero-order valence-electron chi connectivity index (χ0n) is 11.0. The third-order valence-corrected chi connectivity index (χ3v) is 2.87. The van der Waals surface area contributed by atoms with Gasteiger partial charge >= 0.3 is 0 Å². The number of nitrogens with zero attached hydrogens (tertiary/aromatic N) is 2. The lowest BCUT2D eigenvalue weighted by atomic mass is 9.94. The van der Waals surface area contributed by atoms with Crippen LogP contribution in [0, 0.1) is 16.7 Å². The van der Waals surface area contributed by atoms with Gasteiger partial charge in [0.05, 0.1) is 18.6 Å². The van der Waals surface area contributed by atoms with Gasteiger partial charge in [-0.2, -0.15) is 5.26 Å². The third kappa shape index (κ3) is 4.35. The van der Waals surface area contributed by atoms with Crippen molar-refractivity contribution in [3.63, 3.8) is 0 Å². The van der Waals surface area contributed by atoms with Gasteiger partial charge in [-0.1, -0.05) is 20.8 Å². The summed E-state index contributed by atoms with van der Waals surface area (Å²) in [5, 5.41) is 8.64. The molecule has 1 atom stereocenters. The van der Waals surface area contributed by atoms with E-state index in [1.165, 1.54) is 0 Å². The van der Waals surface area contributed by atoms with E-state index in [0.29, 0.717) is 19.5 Å². The van der Waals surface area contributed by atoms with E-state index < -0.39 is 5.41 Å². The molecule has 4 nitrogen and oxygen atoms in total. The Bertz CT molecular complexity index is 296. The highest BCUT2D eigenvalue weighted by molar-refractivity contribution is 5.81. The molecule has 0 N–H and O–H groups in total. The lowest BCUT2D eigenvalue weighted by molar-refractivity contribution is -0.141. The summed E-state index contributed by atoms with van der Waals surface area (Å²) in [6, 6.07) is 2.09. The van der Waals surface area contributed by atoms with Crippen molar-refractivity contribution in [2.75, 3.05) is 19.7 Å². The van der Waals surface area contributed by atoms with E-state index >= 15 is 0 Å². The summed E-state index contributed by atoms with van der Waals surface area (Å²) < 4.78 is 5.55. The van der Waals surface area contributed by atoms with Crippen LogP contribution >= 0.6 is 0 Å². The van der Waals surface area contributed by atoms with Gasteiger partial charge in [-0.25, -0.2) is 0 Å². The van der Waals surface area contributed by atoms with Gasteiger partial charge in [0.25, 0.3) is 0 Å². The van der Waals surface area contributed by atoms with Crippen molar-refractivity contribution in [1.82, 2.24) is 4.90 Å². The molecule has 1 amide bonds. The maximum atomic E-state index is 12.2. The second-order valence-electron chi connectivity index (χ2n) is 5.54. The van der Waals surface area contributed by atoms with Crippen LogP contribution < -0.4 is 0 Å². The number of amides is 1. The molecule has 0 radical (unpaired) electrons. The van der Waals surface area contributed by atoms with Crippen LogP contribution in [0.5, 0.6) is 0 Å². The Hall–Kier alpha value is -1.08. The molecule has 0 saturated carbocycles. The fourth-order valence-electron chi connectivity index (χ4n) is 1.97.